The Hall–Kier alpha value is -2.41. The molecule has 1 aliphatic heterocycles. The van der Waals surface area contributed by atoms with E-state index in [1.165, 1.54) is 0 Å². The summed E-state index contributed by atoms with van der Waals surface area (Å²) in [6, 6.07) is 10.0. The maximum absolute atomic E-state index is 8.93. The normalized spacial score (nSPS) is 13.2. The second-order valence-corrected chi connectivity index (χ2v) is 3.97. The van der Waals surface area contributed by atoms with Crippen molar-refractivity contribution in [3.05, 3.63) is 47.9 Å². The standard InChI is InChI=1S/C13H10N4/c14-8-17-6-11-12(7-17)15-9-16-13(11)10-4-2-1-3-5-10/h1-5,9H,6-7H2. The lowest BCUT2D eigenvalue weighted by Gasteiger charge is -2.05. The number of aromatic nitrogens is 2. The van der Waals surface area contributed by atoms with E-state index in [0.29, 0.717) is 13.1 Å². The topological polar surface area (TPSA) is 52.8 Å². The number of hydrogen-bond acceptors (Lipinski definition) is 4. The first-order valence-corrected chi connectivity index (χ1v) is 5.41. The molecule has 1 aromatic heterocycles. The Balaban J connectivity index is 2.10. The summed E-state index contributed by atoms with van der Waals surface area (Å²) in [5.74, 6) is 0. The van der Waals surface area contributed by atoms with Crippen LogP contribution in [0.4, 0.5) is 0 Å². The van der Waals surface area contributed by atoms with Gasteiger partial charge >= 0.3 is 0 Å². The molecule has 0 saturated heterocycles. The van der Waals surface area contributed by atoms with E-state index in [1.807, 2.05) is 30.3 Å². The predicted molar refractivity (Wildman–Crippen MR) is 62.3 cm³/mol. The van der Waals surface area contributed by atoms with E-state index < -0.39 is 0 Å². The number of benzene rings is 1. The Morgan fingerprint density at radius 2 is 1.94 bits per heavy atom. The van der Waals surface area contributed by atoms with Gasteiger partial charge in [0.1, 0.15) is 6.33 Å². The van der Waals surface area contributed by atoms with E-state index in [0.717, 1.165) is 22.5 Å². The van der Waals surface area contributed by atoms with Crippen LogP contribution in [0.5, 0.6) is 0 Å². The zero-order chi connectivity index (χ0) is 11.7. The molecule has 17 heavy (non-hydrogen) atoms. The lowest BCUT2D eigenvalue weighted by molar-refractivity contribution is 0.415. The summed E-state index contributed by atoms with van der Waals surface area (Å²) in [5, 5.41) is 8.93. The third-order valence-corrected chi connectivity index (χ3v) is 2.91. The summed E-state index contributed by atoms with van der Waals surface area (Å²) in [6.45, 7) is 1.20. The first-order chi connectivity index (χ1) is 8.38. The fourth-order valence-corrected chi connectivity index (χ4v) is 2.09. The molecule has 0 radical (unpaired) electrons. The number of fused-ring (bicyclic) bond motifs is 1. The molecule has 4 heteroatoms. The van der Waals surface area contributed by atoms with Gasteiger partial charge in [-0.1, -0.05) is 30.3 Å². The average Bonchev–Trinajstić information content (AvgIpc) is 2.82. The van der Waals surface area contributed by atoms with Crippen LogP contribution >= 0.6 is 0 Å². The summed E-state index contributed by atoms with van der Waals surface area (Å²) in [6.07, 6.45) is 3.73. The van der Waals surface area contributed by atoms with Crippen LogP contribution in [0, 0.1) is 11.5 Å². The van der Waals surface area contributed by atoms with Crippen molar-refractivity contribution in [3.63, 3.8) is 0 Å². The third-order valence-electron chi connectivity index (χ3n) is 2.91. The van der Waals surface area contributed by atoms with Crippen molar-refractivity contribution in [3.8, 4) is 17.5 Å². The average molecular weight is 222 g/mol. The van der Waals surface area contributed by atoms with Crippen molar-refractivity contribution in [1.82, 2.24) is 14.9 Å². The summed E-state index contributed by atoms with van der Waals surface area (Å²) in [7, 11) is 0. The van der Waals surface area contributed by atoms with E-state index in [-0.39, 0.29) is 0 Å². The zero-order valence-corrected chi connectivity index (χ0v) is 9.17. The minimum Gasteiger partial charge on any atom is -0.300 e. The highest BCUT2D eigenvalue weighted by molar-refractivity contribution is 5.64. The Labute approximate surface area is 99.2 Å². The zero-order valence-electron chi connectivity index (χ0n) is 9.17. The molecule has 82 valence electrons. The maximum Gasteiger partial charge on any atom is 0.180 e. The first-order valence-electron chi connectivity index (χ1n) is 5.41. The number of nitriles is 1. The lowest BCUT2D eigenvalue weighted by atomic mass is 10.1. The van der Waals surface area contributed by atoms with Gasteiger partial charge in [-0.2, -0.15) is 5.26 Å². The lowest BCUT2D eigenvalue weighted by Crippen LogP contribution is -2.07. The molecule has 3 rings (SSSR count). The Bertz CT molecular complexity index is 586. The van der Waals surface area contributed by atoms with Gasteiger partial charge in [0.15, 0.2) is 6.19 Å². The predicted octanol–water partition coefficient (Wildman–Crippen LogP) is 1.94. The molecule has 0 aliphatic carbocycles. The van der Waals surface area contributed by atoms with Crippen molar-refractivity contribution in [2.24, 2.45) is 0 Å². The number of nitrogens with zero attached hydrogens (tertiary/aromatic N) is 4. The molecule has 0 unspecified atom stereocenters. The summed E-state index contributed by atoms with van der Waals surface area (Å²) < 4.78 is 0. The molecule has 1 aliphatic rings. The van der Waals surface area contributed by atoms with Crippen LogP contribution in [0.2, 0.25) is 0 Å². The van der Waals surface area contributed by atoms with Gasteiger partial charge in [0.2, 0.25) is 0 Å². The van der Waals surface area contributed by atoms with Crippen LogP contribution in [0.3, 0.4) is 0 Å². The third kappa shape index (κ3) is 1.62. The largest absolute Gasteiger partial charge is 0.300 e. The highest BCUT2D eigenvalue weighted by atomic mass is 15.2. The van der Waals surface area contributed by atoms with Crippen LogP contribution in [0.15, 0.2) is 36.7 Å². The molecule has 0 bridgehead atoms. The first kappa shape index (κ1) is 9.79. The van der Waals surface area contributed by atoms with Crippen LogP contribution in [-0.4, -0.2) is 14.9 Å². The molecule has 0 amide bonds. The molecule has 1 aromatic carbocycles. The molecule has 0 atom stereocenters. The molecule has 0 fully saturated rings. The fourth-order valence-electron chi connectivity index (χ4n) is 2.09. The van der Waals surface area contributed by atoms with Gasteiger partial charge in [0.05, 0.1) is 24.5 Å². The summed E-state index contributed by atoms with van der Waals surface area (Å²) in [4.78, 5) is 10.3. The van der Waals surface area contributed by atoms with E-state index in [1.54, 1.807) is 11.2 Å². The highest BCUT2D eigenvalue weighted by Crippen LogP contribution is 2.28. The van der Waals surface area contributed by atoms with Crippen molar-refractivity contribution >= 4 is 0 Å². The monoisotopic (exact) mass is 222 g/mol. The SMILES string of the molecule is N#CN1Cc2ncnc(-c3ccccc3)c2C1. The van der Waals surface area contributed by atoms with Crippen LogP contribution in [0.1, 0.15) is 11.3 Å². The van der Waals surface area contributed by atoms with Crippen molar-refractivity contribution in [2.75, 3.05) is 0 Å². The van der Waals surface area contributed by atoms with Gasteiger partial charge in [0.25, 0.3) is 0 Å². The van der Waals surface area contributed by atoms with Crippen LogP contribution in [0.25, 0.3) is 11.3 Å². The van der Waals surface area contributed by atoms with Crippen molar-refractivity contribution < 1.29 is 0 Å². The molecule has 0 saturated carbocycles. The van der Waals surface area contributed by atoms with Gasteiger partial charge in [-0.3, -0.25) is 0 Å². The molecule has 2 heterocycles. The molecular weight excluding hydrogens is 212 g/mol. The van der Waals surface area contributed by atoms with Crippen LogP contribution < -0.4 is 0 Å². The van der Waals surface area contributed by atoms with Crippen LogP contribution in [-0.2, 0) is 13.1 Å². The minimum atomic E-state index is 0.591. The van der Waals surface area contributed by atoms with Gasteiger partial charge in [0, 0.05) is 11.1 Å². The van der Waals surface area contributed by atoms with Crippen molar-refractivity contribution in [2.45, 2.75) is 13.1 Å². The number of rotatable bonds is 1. The van der Waals surface area contributed by atoms with Gasteiger partial charge in [-0.15, -0.1) is 0 Å². The molecule has 4 nitrogen and oxygen atoms in total. The highest BCUT2D eigenvalue weighted by Gasteiger charge is 2.23. The maximum atomic E-state index is 8.93. The van der Waals surface area contributed by atoms with E-state index in [4.69, 9.17) is 5.26 Å². The van der Waals surface area contributed by atoms with Crippen molar-refractivity contribution in [1.29, 1.82) is 5.26 Å². The smallest absolute Gasteiger partial charge is 0.180 e. The van der Waals surface area contributed by atoms with E-state index in [9.17, 15) is 0 Å². The molecule has 0 spiro atoms. The van der Waals surface area contributed by atoms with Gasteiger partial charge in [-0.25, -0.2) is 9.97 Å². The summed E-state index contributed by atoms with van der Waals surface area (Å²) in [5.41, 5.74) is 4.04. The molecular formula is C13H10N4. The second-order valence-electron chi connectivity index (χ2n) is 3.97. The molecule has 2 aromatic rings. The Kier molecular flexibility index (Phi) is 2.23. The quantitative estimate of drug-likeness (QED) is 0.692. The molecule has 0 N–H and O–H groups in total. The Morgan fingerprint density at radius 1 is 1.12 bits per heavy atom. The second kappa shape index (κ2) is 3.87. The van der Waals surface area contributed by atoms with E-state index in [2.05, 4.69) is 16.2 Å². The fraction of sp³-hybridized carbons (Fsp3) is 0.154. The Morgan fingerprint density at radius 3 is 2.71 bits per heavy atom. The van der Waals surface area contributed by atoms with E-state index >= 15 is 0 Å². The summed E-state index contributed by atoms with van der Waals surface area (Å²) >= 11 is 0. The van der Waals surface area contributed by atoms with Gasteiger partial charge < -0.3 is 4.90 Å². The minimum absolute atomic E-state index is 0.591. The number of hydrogen-bond donors (Lipinski definition) is 0. The van der Waals surface area contributed by atoms with Gasteiger partial charge in [-0.05, 0) is 0 Å².